The van der Waals surface area contributed by atoms with Crippen LogP contribution in [0.1, 0.15) is 53.9 Å². The van der Waals surface area contributed by atoms with E-state index in [0.717, 1.165) is 6.42 Å². The van der Waals surface area contributed by atoms with Crippen LogP contribution in [0.5, 0.6) is 0 Å². The molecule has 0 unspecified atom stereocenters. The predicted molar refractivity (Wildman–Crippen MR) is 55.6 cm³/mol. The summed E-state index contributed by atoms with van der Waals surface area (Å²) in [5.74, 6) is 1.12. The number of ketones is 1. The lowest BCUT2D eigenvalue weighted by Gasteiger charge is -2.39. The molecule has 1 aliphatic rings. The zero-order chi connectivity index (χ0) is 10.3. The summed E-state index contributed by atoms with van der Waals surface area (Å²) in [7, 11) is 0. The SMILES string of the molecule is CCC(=O)[C@]1(C)CC[C@H](C)C1(C)C. The fourth-order valence-electron chi connectivity index (χ4n) is 2.62. The molecule has 0 spiro atoms. The largest absolute Gasteiger partial charge is 0.299 e. The van der Waals surface area contributed by atoms with Gasteiger partial charge in [-0.05, 0) is 24.2 Å². The third-order valence-electron chi connectivity index (χ3n) is 4.67. The van der Waals surface area contributed by atoms with Crippen LogP contribution in [0.2, 0.25) is 0 Å². The van der Waals surface area contributed by atoms with E-state index in [1.54, 1.807) is 0 Å². The van der Waals surface area contributed by atoms with E-state index in [1.807, 2.05) is 6.92 Å². The lowest BCUT2D eigenvalue weighted by atomic mass is 9.63. The Hall–Kier alpha value is -0.330. The van der Waals surface area contributed by atoms with Gasteiger partial charge in [0.25, 0.3) is 0 Å². The lowest BCUT2D eigenvalue weighted by Crippen LogP contribution is -2.39. The molecule has 2 atom stereocenters. The van der Waals surface area contributed by atoms with Gasteiger partial charge in [0, 0.05) is 11.8 Å². The monoisotopic (exact) mass is 182 g/mol. The van der Waals surface area contributed by atoms with Crippen molar-refractivity contribution in [3.8, 4) is 0 Å². The number of Topliss-reactive ketones (excluding diaryl/α,β-unsaturated/α-hetero) is 1. The Balaban J connectivity index is 2.98. The van der Waals surface area contributed by atoms with Crippen molar-refractivity contribution in [2.75, 3.05) is 0 Å². The van der Waals surface area contributed by atoms with Crippen LogP contribution in [0.4, 0.5) is 0 Å². The molecule has 0 bridgehead atoms. The van der Waals surface area contributed by atoms with Crippen LogP contribution in [-0.2, 0) is 4.79 Å². The number of carbonyl (C=O) groups excluding carboxylic acids is 1. The predicted octanol–water partition coefficient (Wildman–Crippen LogP) is 3.43. The van der Waals surface area contributed by atoms with Crippen LogP contribution in [-0.4, -0.2) is 5.78 Å². The molecule has 1 fully saturated rings. The van der Waals surface area contributed by atoms with Gasteiger partial charge in [0.05, 0.1) is 0 Å². The molecule has 1 aliphatic carbocycles. The Bertz CT molecular complexity index is 217. The maximum Gasteiger partial charge on any atom is 0.139 e. The Morgan fingerprint density at radius 1 is 1.38 bits per heavy atom. The molecule has 1 nitrogen and oxygen atoms in total. The number of carbonyl (C=O) groups is 1. The van der Waals surface area contributed by atoms with Crippen molar-refractivity contribution in [3.63, 3.8) is 0 Å². The highest BCUT2D eigenvalue weighted by Crippen LogP contribution is 2.56. The van der Waals surface area contributed by atoms with Gasteiger partial charge in [0.2, 0.25) is 0 Å². The van der Waals surface area contributed by atoms with E-state index in [0.29, 0.717) is 18.1 Å². The van der Waals surface area contributed by atoms with E-state index < -0.39 is 0 Å². The molecule has 0 aromatic carbocycles. The third kappa shape index (κ3) is 1.33. The Kier molecular flexibility index (Phi) is 2.57. The Morgan fingerprint density at radius 2 is 1.92 bits per heavy atom. The summed E-state index contributed by atoms with van der Waals surface area (Å²) in [6.45, 7) is 10.9. The van der Waals surface area contributed by atoms with E-state index in [1.165, 1.54) is 6.42 Å². The van der Waals surface area contributed by atoms with Crippen molar-refractivity contribution in [2.45, 2.75) is 53.9 Å². The van der Waals surface area contributed by atoms with Gasteiger partial charge in [0.15, 0.2) is 0 Å². The Labute approximate surface area is 81.9 Å². The average Bonchev–Trinajstić information content (AvgIpc) is 2.29. The summed E-state index contributed by atoms with van der Waals surface area (Å²) < 4.78 is 0. The summed E-state index contributed by atoms with van der Waals surface area (Å²) in [5.41, 5.74) is 0.112. The van der Waals surface area contributed by atoms with Crippen molar-refractivity contribution in [1.82, 2.24) is 0 Å². The molecule has 1 saturated carbocycles. The quantitative estimate of drug-likeness (QED) is 0.639. The first-order chi connectivity index (χ1) is 5.86. The van der Waals surface area contributed by atoms with Gasteiger partial charge in [-0.15, -0.1) is 0 Å². The molecule has 0 saturated heterocycles. The molecule has 0 aromatic rings. The zero-order valence-electron chi connectivity index (χ0n) is 9.61. The first-order valence-corrected chi connectivity index (χ1v) is 5.39. The summed E-state index contributed by atoms with van der Waals surface area (Å²) in [5, 5.41) is 0. The van der Waals surface area contributed by atoms with Crippen molar-refractivity contribution in [2.24, 2.45) is 16.7 Å². The highest BCUT2D eigenvalue weighted by atomic mass is 16.1. The van der Waals surface area contributed by atoms with Gasteiger partial charge in [-0.3, -0.25) is 4.79 Å². The minimum absolute atomic E-state index is 0.0683. The van der Waals surface area contributed by atoms with Crippen LogP contribution in [0, 0.1) is 16.7 Å². The normalized spacial score (nSPS) is 37.8. The van der Waals surface area contributed by atoms with Crippen LogP contribution in [0.3, 0.4) is 0 Å². The van der Waals surface area contributed by atoms with Crippen LogP contribution in [0.15, 0.2) is 0 Å². The highest BCUT2D eigenvalue weighted by Gasteiger charge is 2.52. The topological polar surface area (TPSA) is 17.1 Å². The van der Waals surface area contributed by atoms with Crippen LogP contribution >= 0.6 is 0 Å². The fraction of sp³-hybridized carbons (Fsp3) is 0.917. The second-order valence-corrected chi connectivity index (χ2v) is 5.27. The van der Waals surface area contributed by atoms with E-state index >= 15 is 0 Å². The zero-order valence-corrected chi connectivity index (χ0v) is 9.61. The summed E-state index contributed by atoms with van der Waals surface area (Å²) in [6.07, 6.45) is 2.97. The lowest BCUT2D eigenvalue weighted by molar-refractivity contribution is -0.133. The van der Waals surface area contributed by atoms with Gasteiger partial charge in [0.1, 0.15) is 5.78 Å². The first-order valence-electron chi connectivity index (χ1n) is 5.39. The van der Waals surface area contributed by atoms with Crippen LogP contribution < -0.4 is 0 Å². The minimum atomic E-state index is -0.0683. The molecule has 0 radical (unpaired) electrons. The van der Waals surface area contributed by atoms with E-state index in [4.69, 9.17) is 0 Å². The van der Waals surface area contributed by atoms with Gasteiger partial charge < -0.3 is 0 Å². The molecule has 0 aromatic heterocycles. The van der Waals surface area contributed by atoms with Gasteiger partial charge >= 0.3 is 0 Å². The average molecular weight is 182 g/mol. The molecular weight excluding hydrogens is 160 g/mol. The number of hydrogen-bond acceptors (Lipinski definition) is 1. The second kappa shape index (κ2) is 3.11. The summed E-state index contributed by atoms with van der Waals surface area (Å²) >= 11 is 0. The second-order valence-electron chi connectivity index (χ2n) is 5.27. The van der Waals surface area contributed by atoms with Crippen molar-refractivity contribution < 1.29 is 4.79 Å². The molecule has 1 rings (SSSR count). The Morgan fingerprint density at radius 3 is 2.23 bits per heavy atom. The van der Waals surface area contributed by atoms with Gasteiger partial charge in [-0.1, -0.05) is 34.6 Å². The van der Waals surface area contributed by atoms with Crippen molar-refractivity contribution in [3.05, 3.63) is 0 Å². The number of hydrogen-bond donors (Lipinski definition) is 0. The maximum absolute atomic E-state index is 11.9. The van der Waals surface area contributed by atoms with E-state index in [9.17, 15) is 4.79 Å². The third-order valence-corrected chi connectivity index (χ3v) is 4.67. The molecule has 76 valence electrons. The van der Waals surface area contributed by atoms with Crippen LogP contribution in [0.25, 0.3) is 0 Å². The maximum atomic E-state index is 11.9. The molecule has 0 N–H and O–H groups in total. The molecule has 0 aliphatic heterocycles. The highest BCUT2D eigenvalue weighted by molar-refractivity contribution is 5.85. The summed E-state index contributed by atoms with van der Waals surface area (Å²) in [4.78, 5) is 11.9. The summed E-state index contributed by atoms with van der Waals surface area (Å²) in [6, 6.07) is 0. The molecule has 1 heteroatoms. The van der Waals surface area contributed by atoms with E-state index in [-0.39, 0.29) is 10.8 Å². The molecule has 0 amide bonds. The smallest absolute Gasteiger partial charge is 0.139 e. The molecule has 0 heterocycles. The van der Waals surface area contributed by atoms with E-state index in [2.05, 4.69) is 27.7 Å². The van der Waals surface area contributed by atoms with Gasteiger partial charge in [-0.2, -0.15) is 0 Å². The van der Waals surface area contributed by atoms with Crippen molar-refractivity contribution >= 4 is 5.78 Å². The van der Waals surface area contributed by atoms with Gasteiger partial charge in [-0.25, -0.2) is 0 Å². The standard InChI is InChI=1S/C12H22O/c1-6-10(13)12(5)8-7-9(2)11(12,3)4/h9H,6-8H2,1-5H3/t9-,12-/m0/s1. The molecular formula is C12H22O. The fourth-order valence-corrected chi connectivity index (χ4v) is 2.62. The molecule has 13 heavy (non-hydrogen) atoms. The first kappa shape index (κ1) is 10.7. The minimum Gasteiger partial charge on any atom is -0.299 e. The van der Waals surface area contributed by atoms with Crippen molar-refractivity contribution in [1.29, 1.82) is 0 Å². The number of rotatable bonds is 2.